The number of rotatable bonds is 10. The quantitative estimate of drug-likeness (QED) is 0.178. The first kappa shape index (κ1) is 32.6. The van der Waals surface area contributed by atoms with Crippen LogP contribution in [0.3, 0.4) is 0 Å². The number of ketones is 1. The molecule has 3 aliphatic rings. The number of benzene rings is 2. The van der Waals surface area contributed by atoms with E-state index in [1.807, 2.05) is 36.4 Å². The Hall–Kier alpha value is -5.98. The number of ether oxygens (including phenoxy) is 2. The van der Waals surface area contributed by atoms with Crippen molar-refractivity contribution in [3.8, 4) is 17.2 Å². The number of imide groups is 2. The molecule has 1 unspecified atom stereocenters. The Balaban J connectivity index is 0.912. The Morgan fingerprint density at radius 1 is 0.860 bits per heavy atom. The van der Waals surface area contributed by atoms with Crippen molar-refractivity contribution in [1.29, 1.82) is 0 Å². The van der Waals surface area contributed by atoms with Crippen LogP contribution in [0.15, 0.2) is 73.2 Å². The highest BCUT2D eigenvalue weighted by molar-refractivity contribution is 6.23. The van der Waals surface area contributed by atoms with E-state index in [2.05, 4.69) is 34.4 Å². The summed E-state index contributed by atoms with van der Waals surface area (Å²) in [6, 6.07) is 15.7. The monoisotopic (exact) mass is 674 g/mol. The van der Waals surface area contributed by atoms with Crippen LogP contribution in [0.1, 0.15) is 89.0 Å². The average Bonchev–Trinajstić information content (AvgIpc) is 3.32. The molecule has 13 nitrogen and oxygen atoms in total. The molecule has 254 valence electrons. The Morgan fingerprint density at radius 3 is 2.20 bits per heavy atom. The van der Waals surface area contributed by atoms with Crippen molar-refractivity contribution < 1.29 is 33.4 Å². The van der Waals surface area contributed by atoms with Gasteiger partial charge in [0.25, 0.3) is 11.8 Å². The van der Waals surface area contributed by atoms with E-state index in [9.17, 15) is 24.0 Å². The zero-order valence-corrected chi connectivity index (χ0v) is 27.6. The van der Waals surface area contributed by atoms with Gasteiger partial charge in [-0.05, 0) is 54.4 Å². The second-order valence-electron chi connectivity index (χ2n) is 13.2. The number of hydrogen-bond donors (Lipinski definition) is 2. The third-order valence-corrected chi connectivity index (χ3v) is 9.34. The molecule has 0 bridgehead atoms. The number of carbonyl (C=O) groups is 5. The largest absolute Gasteiger partial charge is 0.489 e. The van der Waals surface area contributed by atoms with Crippen molar-refractivity contribution in [3.05, 3.63) is 101 Å². The van der Waals surface area contributed by atoms with Gasteiger partial charge in [-0.25, -0.2) is 9.97 Å². The van der Waals surface area contributed by atoms with Crippen molar-refractivity contribution in [2.75, 3.05) is 5.32 Å². The number of anilines is 1. The predicted octanol–water partition coefficient (Wildman–Crippen LogP) is 4.62. The minimum absolute atomic E-state index is 0.00887. The van der Waals surface area contributed by atoms with Gasteiger partial charge in [0.1, 0.15) is 23.6 Å². The van der Waals surface area contributed by atoms with E-state index in [-0.39, 0.29) is 47.7 Å². The van der Waals surface area contributed by atoms with Crippen molar-refractivity contribution in [2.45, 2.75) is 70.1 Å². The van der Waals surface area contributed by atoms with Crippen molar-refractivity contribution in [1.82, 2.24) is 25.2 Å². The summed E-state index contributed by atoms with van der Waals surface area (Å²) in [6.07, 6.45) is 6.33. The maximum atomic E-state index is 13.1. The second kappa shape index (κ2) is 12.8. The van der Waals surface area contributed by atoms with E-state index in [4.69, 9.17) is 14.5 Å². The van der Waals surface area contributed by atoms with Gasteiger partial charge >= 0.3 is 0 Å². The van der Waals surface area contributed by atoms with Crippen LogP contribution in [0.25, 0.3) is 0 Å². The fourth-order valence-electron chi connectivity index (χ4n) is 6.36. The van der Waals surface area contributed by atoms with Crippen LogP contribution >= 0.6 is 0 Å². The number of nitrogens with zero attached hydrogens (tertiary/aromatic N) is 4. The molecular weight excluding hydrogens is 640 g/mol. The van der Waals surface area contributed by atoms with Gasteiger partial charge in [-0.3, -0.25) is 39.2 Å². The summed E-state index contributed by atoms with van der Waals surface area (Å²) in [7, 11) is 0. The van der Waals surface area contributed by atoms with Crippen LogP contribution in [0, 0.1) is 0 Å². The van der Waals surface area contributed by atoms with Gasteiger partial charge in [0, 0.05) is 43.3 Å². The lowest BCUT2D eigenvalue weighted by atomic mass is 9.81. The third-order valence-electron chi connectivity index (χ3n) is 9.34. The van der Waals surface area contributed by atoms with Crippen molar-refractivity contribution in [3.63, 3.8) is 0 Å². The molecule has 50 heavy (non-hydrogen) atoms. The number of Topliss-reactive ketones (excluding diaryl/α,β-unsaturated/α-hetero) is 1. The summed E-state index contributed by atoms with van der Waals surface area (Å²) < 4.78 is 12.0. The molecule has 2 aromatic heterocycles. The fraction of sp³-hybridized carbons (Fsp3) is 0.297. The SMILES string of the molecule is CC(=O)c1ncc(Oc2ccc(C(C)(C)c3ccc(O[C@H]4C[C@H](Nc5ccc6c(c5)C(=O)N(C5CCC(=O)NC5=O)C6=O)C4)cn3)cc2)cn1. The van der Waals surface area contributed by atoms with E-state index in [1.54, 1.807) is 24.4 Å². The van der Waals surface area contributed by atoms with Crippen LogP contribution in [0.2, 0.25) is 0 Å². The minimum Gasteiger partial charge on any atom is -0.489 e. The van der Waals surface area contributed by atoms with Crippen molar-refractivity contribution >= 4 is 35.1 Å². The molecule has 1 atom stereocenters. The number of carbonyl (C=O) groups excluding carboxylic acids is 5. The molecule has 1 aliphatic carbocycles. The normalized spacial score (nSPS) is 20.1. The summed E-state index contributed by atoms with van der Waals surface area (Å²) in [4.78, 5) is 75.1. The minimum atomic E-state index is -0.996. The van der Waals surface area contributed by atoms with E-state index in [0.717, 1.165) is 29.0 Å². The molecule has 4 amide bonds. The van der Waals surface area contributed by atoms with Gasteiger partial charge in [-0.2, -0.15) is 0 Å². The Kier molecular flexibility index (Phi) is 8.34. The Bertz CT molecular complexity index is 2010. The molecule has 1 saturated carbocycles. The fourth-order valence-corrected chi connectivity index (χ4v) is 6.36. The molecule has 4 heterocycles. The van der Waals surface area contributed by atoms with Gasteiger partial charge in [0.05, 0.1) is 35.4 Å². The zero-order valence-electron chi connectivity index (χ0n) is 27.6. The van der Waals surface area contributed by atoms with Crippen LogP contribution in [-0.4, -0.2) is 67.5 Å². The first-order valence-corrected chi connectivity index (χ1v) is 16.3. The van der Waals surface area contributed by atoms with E-state index in [1.165, 1.54) is 19.3 Å². The summed E-state index contributed by atoms with van der Waals surface area (Å²) in [5, 5.41) is 5.62. The molecular formula is C37H34N6O7. The summed E-state index contributed by atoms with van der Waals surface area (Å²) in [5.41, 5.74) is 2.71. The smallest absolute Gasteiger partial charge is 0.262 e. The number of amides is 4. The lowest BCUT2D eigenvalue weighted by molar-refractivity contribution is -0.136. The van der Waals surface area contributed by atoms with E-state index < -0.39 is 35.1 Å². The zero-order chi connectivity index (χ0) is 35.2. The number of nitrogens with one attached hydrogen (secondary N) is 2. The Morgan fingerprint density at radius 2 is 1.54 bits per heavy atom. The highest BCUT2D eigenvalue weighted by Crippen LogP contribution is 2.35. The number of aromatic nitrogens is 3. The van der Waals surface area contributed by atoms with Crippen LogP contribution in [-0.2, 0) is 15.0 Å². The standard InChI is InChI=1S/C37H34N6O7/c1-20(44)33-39-18-27(19-40-33)49-24-7-4-21(5-8-24)37(2,3)31-12-9-25(17-38-31)50-26-14-23(15-26)41-22-6-10-28-29(16-22)36(48)43(35(28)47)30-11-13-32(45)42-34(30)46/h4-10,12,16-19,23,26,30,41H,11,13-15H2,1-3H3,(H,42,45,46)/t23-,26-,30?. The van der Waals surface area contributed by atoms with Gasteiger partial charge in [0.2, 0.25) is 11.8 Å². The van der Waals surface area contributed by atoms with Crippen LogP contribution < -0.4 is 20.1 Å². The van der Waals surface area contributed by atoms with E-state index in [0.29, 0.717) is 22.9 Å². The van der Waals surface area contributed by atoms with Gasteiger partial charge < -0.3 is 14.8 Å². The van der Waals surface area contributed by atoms with Gasteiger partial charge in [-0.15, -0.1) is 0 Å². The van der Waals surface area contributed by atoms with Crippen LogP contribution in [0.4, 0.5) is 5.69 Å². The van der Waals surface area contributed by atoms with Gasteiger partial charge in [-0.1, -0.05) is 26.0 Å². The highest BCUT2D eigenvalue weighted by Gasteiger charge is 2.45. The maximum Gasteiger partial charge on any atom is 0.262 e. The van der Waals surface area contributed by atoms with Crippen LogP contribution in [0.5, 0.6) is 17.2 Å². The molecule has 2 aromatic carbocycles. The lowest BCUT2D eigenvalue weighted by Crippen LogP contribution is -2.54. The number of pyridine rings is 1. The number of fused-ring (bicyclic) bond motifs is 1. The molecule has 2 aliphatic heterocycles. The molecule has 1 saturated heterocycles. The lowest BCUT2D eigenvalue weighted by Gasteiger charge is -2.36. The first-order chi connectivity index (χ1) is 24.0. The molecule has 0 spiro atoms. The summed E-state index contributed by atoms with van der Waals surface area (Å²) in [6.45, 7) is 5.60. The molecule has 2 fully saturated rings. The van der Waals surface area contributed by atoms with Gasteiger partial charge in [0.15, 0.2) is 17.4 Å². The molecule has 7 rings (SSSR count). The topological polar surface area (TPSA) is 170 Å². The number of piperidine rings is 1. The van der Waals surface area contributed by atoms with E-state index >= 15 is 0 Å². The highest BCUT2D eigenvalue weighted by atomic mass is 16.5. The first-order valence-electron chi connectivity index (χ1n) is 16.3. The maximum absolute atomic E-state index is 13.1. The molecule has 0 radical (unpaired) electrons. The summed E-state index contributed by atoms with van der Waals surface area (Å²) >= 11 is 0. The molecule has 4 aromatic rings. The number of hydrogen-bond acceptors (Lipinski definition) is 11. The Labute approximate surface area is 287 Å². The second-order valence-corrected chi connectivity index (χ2v) is 13.2. The average molecular weight is 675 g/mol. The predicted molar refractivity (Wildman–Crippen MR) is 179 cm³/mol. The third kappa shape index (κ3) is 6.29. The molecule has 13 heteroatoms. The summed E-state index contributed by atoms with van der Waals surface area (Å²) in [5.74, 6) is -0.451. The van der Waals surface area contributed by atoms with Crippen molar-refractivity contribution in [2.24, 2.45) is 0 Å². The molecule has 2 N–H and O–H groups in total.